The summed E-state index contributed by atoms with van der Waals surface area (Å²) in [7, 11) is 0. The van der Waals surface area contributed by atoms with E-state index < -0.39 is 5.97 Å². The molecule has 0 heterocycles. The fourth-order valence-corrected chi connectivity index (χ4v) is 9.14. The number of hydrogen-bond donors (Lipinski definition) is 1. The van der Waals surface area contributed by atoms with Crippen LogP contribution in [0, 0.1) is 46.3 Å². The van der Waals surface area contributed by atoms with E-state index in [1.165, 1.54) is 12.8 Å². The summed E-state index contributed by atoms with van der Waals surface area (Å²) in [4.78, 5) is 33.6. The van der Waals surface area contributed by atoms with Gasteiger partial charge in [0.2, 0.25) is 0 Å². The summed E-state index contributed by atoms with van der Waals surface area (Å²) in [6.07, 6.45) is 9.29. The van der Waals surface area contributed by atoms with Crippen molar-refractivity contribution in [3.05, 3.63) is 0 Å². The second-order valence-electron chi connectivity index (χ2n) is 11.7. The molecule has 0 aromatic carbocycles. The first kappa shape index (κ1) is 23.6. The first-order valence-electron chi connectivity index (χ1n) is 12.7. The molecule has 32 heavy (non-hydrogen) atoms. The van der Waals surface area contributed by atoms with Gasteiger partial charge in [-0.25, -0.2) is 0 Å². The highest BCUT2D eigenvalue weighted by Gasteiger charge is 2.64. The van der Waals surface area contributed by atoms with Crippen LogP contribution in [-0.2, 0) is 23.9 Å². The van der Waals surface area contributed by atoms with E-state index in [1.807, 2.05) is 0 Å². The highest BCUT2D eigenvalue weighted by atomic mass is 16.5. The number of carbonyl (C=O) groups is 3. The summed E-state index contributed by atoms with van der Waals surface area (Å²) in [6, 6.07) is 0. The molecule has 4 aliphatic carbocycles. The lowest BCUT2D eigenvalue weighted by Gasteiger charge is -2.62. The van der Waals surface area contributed by atoms with Crippen molar-refractivity contribution in [2.24, 2.45) is 46.3 Å². The predicted octanol–water partition coefficient (Wildman–Crippen LogP) is 4.84. The Labute approximate surface area is 191 Å². The smallest absolute Gasteiger partial charge is 0.303 e. The number of hydrogen-bond acceptors (Lipinski definition) is 5. The SMILES string of the molecule is C[C@@H](CCC(=O)O)[C@@H]1CC[C@@H]2[C@H]3CC[C@H]4C[C@@H](OC=O)CC[C@]4(C)[C@@H]3C[C@@H](OC=O)[C@@]21C. The minimum atomic E-state index is -0.735. The van der Waals surface area contributed by atoms with Crippen LogP contribution in [0.2, 0.25) is 0 Å². The lowest BCUT2D eigenvalue weighted by Crippen LogP contribution is -2.59. The van der Waals surface area contributed by atoms with Gasteiger partial charge < -0.3 is 14.6 Å². The second kappa shape index (κ2) is 8.98. The zero-order chi connectivity index (χ0) is 23.1. The van der Waals surface area contributed by atoms with E-state index in [-0.39, 0.29) is 29.5 Å². The molecule has 0 bridgehead atoms. The molecule has 0 aromatic heterocycles. The van der Waals surface area contributed by atoms with Crippen LogP contribution in [0.4, 0.5) is 0 Å². The van der Waals surface area contributed by atoms with Crippen LogP contribution in [0.5, 0.6) is 0 Å². The average molecular weight is 449 g/mol. The summed E-state index contributed by atoms with van der Waals surface area (Å²) in [6.45, 7) is 8.21. The van der Waals surface area contributed by atoms with Gasteiger partial charge in [-0.05, 0) is 98.7 Å². The quantitative estimate of drug-likeness (QED) is 0.535. The monoisotopic (exact) mass is 448 g/mol. The molecule has 4 rings (SSSR count). The summed E-state index contributed by atoms with van der Waals surface area (Å²) < 4.78 is 11.2. The van der Waals surface area contributed by atoms with Crippen LogP contribution < -0.4 is 0 Å². The molecule has 6 heteroatoms. The average Bonchev–Trinajstić information content (AvgIpc) is 3.11. The minimum absolute atomic E-state index is 0.0453. The zero-order valence-corrected chi connectivity index (χ0v) is 19.8. The van der Waals surface area contributed by atoms with Gasteiger partial charge in [-0.3, -0.25) is 14.4 Å². The second-order valence-corrected chi connectivity index (χ2v) is 11.7. The van der Waals surface area contributed by atoms with E-state index in [0.29, 0.717) is 54.9 Å². The third kappa shape index (κ3) is 3.75. The molecule has 4 fully saturated rings. The van der Waals surface area contributed by atoms with Gasteiger partial charge in [0.25, 0.3) is 12.9 Å². The lowest BCUT2D eigenvalue weighted by molar-refractivity contribution is -0.190. The van der Waals surface area contributed by atoms with Crippen molar-refractivity contribution in [2.45, 2.75) is 97.2 Å². The fourth-order valence-electron chi connectivity index (χ4n) is 9.14. The molecule has 0 radical (unpaired) electrons. The van der Waals surface area contributed by atoms with Gasteiger partial charge in [-0.1, -0.05) is 20.8 Å². The molecule has 0 spiro atoms. The van der Waals surface area contributed by atoms with Crippen LogP contribution in [0.3, 0.4) is 0 Å². The van der Waals surface area contributed by atoms with Crippen LogP contribution in [0.15, 0.2) is 0 Å². The molecular weight excluding hydrogens is 408 g/mol. The van der Waals surface area contributed by atoms with Gasteiger partial charge in [0.15, 0.2) is 0 Å². The van der Waals surface area contributed by atoms with Crippen LogP contribution in [0.1, 0.15) is 85.0 Å². The molecule has 4 aliphatic rings. The summed E-state index contributed by atoms with van der Waals surface area (Å²) >= 11 is 0. The van der Waals surface area contributed by atoms with E-state index in [1.54, 1.807) is 0 Å². The summed E-state index contributed by atoms with van der Waals surface area (Å²) in [5.41, 5.74) is 0.117. The molecule has 6 nitrogen and oxygen atoms in total. The largest absolute Gasteiger partial charge is 0.481 e. The highest BCUT2D eigenvalue weighted by Crippen LogP contribution is 2.68. The zero-order valence-electron chi connectivity index (χ0n) is 19.8. The Balaban J connectivity index is 1.59. The maximum atomic E-state index is 11.6. The Hall–Kier alpha value is -1.59. The van der Waals surface area contributed by atoms with Crippen LogP contribution >= 0.6 is 0 Å². The van der Waals surface area contributed by atoms with E-state index in [0.717, 1.165) is 38.5 Å². The highest BCUT2D eigenvalue weighted by molar-refractivity contribution is 5.66. The lowest BCUT2D eigenvalue weighted by atomic mass is 9.43. The van der Waals surface area contributed by atoms with Crippen molar-refractivity contribution >= 4 is 18.9 Å². The molecule has 10 atom stereocenters. The predicted molar refractivity (Wildman–Crippen MR) is 119 cm³/mol. The Bertz CT molecular complexity index is 723. The van der Waals surface area contributed by atoms with Gasteiger partial charge in [0, 0.05) is 11.8 Å². The first-order chi connectivity index (χ1) is 15.3. The third-order valence-corrected chi connectivity index (χ3v) is 10.7. The van der Waals surface area contributed by atoms with E-state index in [9.17, 15) is 19.5 Å². The van der Waals surface area contributed by atoms with E-state index >= 15 is 0 Å². The summed E-state index contributed by atoms with van der Waals surface area (Å²) in [5.74, 6) is 2.18. The minimum Gasteiger partial charge on any atom is -0.481 e. The Morgan fingerprint density at radius 3 is 2.47 bits per heavy atom. The Kier molecular flexibility index (Phi) is 6.61. The number of carboxylic acid groups (broad SMARTS) is 1. The molecule has 180 valence electrons. The number of fused-ring (bicyclic) bond motifs is 5. The normalized spacial score (nSPS) is 46.2. The number of carboxylic acids is 1. The molecule has 0 saturated heterocycles. The number of rotatable bonds is 8. The Morgan fingerprint density at radius 1 is 1.03 bits per heavy atom. The fraction of sp³-hybridized carbons (Fsp3) is 0.885. The topological polar surface area (TPSA) is 89.9 Å². The van der Waals surface area contributed by atoms with Crippen LogP contribution in [0.25, 0.3) is 0 Å². The molecule has 0 aliphatic heterocycles. The van der Waals surface area contributed by atoms with Crippen molar-refractivity contribution in [3.63, 3.8) is 0 Å². The van der Waals surface area contributed by atoms with Crippen molar-refractivity contribution < 1.29 is 29.0 Å². The molecule has 0 aromatic rings. The maximum Gasteiger partial charge on any atom is 0.303 e. The van der Waals surface area contributed by atoms with Crippen LogP contribution in [-0.4, -0.2) is 36.2 Å². The molecule has 0 unspecified atom stereocenters. The van der Waals surface area contributed by atoms with Crippen molar-refractivity contribution in [2.75, 3.05) is 0 Å². The van der Waals surface area contributed by atoms with Crippen molar-refractivity contribution in [3.8, 4) is 0 Å². The number of ether oxygens (including phenoxy) is 2. The van der Waals surface area contributed by atoms with Crippen molar-refractivity contribution in [1.82, 2.24) is 0 Å². The molecule has 1 N–H and O–H groups in total. The van der Waals surface area contributed by atoms with Gasteiger partial charge in [0.05, 0.1) is 0 Å². The Morgan fingerprint density at radius 2 is 1.78 bits per heavy atom. The number of carbonyl (C=O) groups excluding carboxylic acids is 2. The van der Waals surface area contributed by atoms with Gasteiger partial charge >= 0.3 is 5.97 Å². The van der Waals surface area contributed by atoms with Gasteiger partial charge in [0.1, 0.15) is 12.2 Å². The van der Waals surface area contributed by atoms with Gasteiger partial charge in [-0.2, -0.15) is 0 Å². The van der Waals surface area contributed by atoms with Gasteiger partial charge in [-0.15, -0.1) is 0 Å². The first-order valence-corrected chi connectivity index (χ1v) is 12.7. The molecular formula is C26H40O6. The number of aliphatic carboxylic acids is 1. The maximum absolute atomic E-state index is 11.6. The standard InChI is InChI=1S/C26H40O6/c1-16(4-9-24(29)30)20-7-8-21-19-6-5-17-12-18(31-14-27)10-11-25(17,2)22(19)13-23(32-15-28)26(20,21)3/h14-23H,4-13H2,1-3H3,(H,29,30)/t16-,17-,18-,19+,20-,21+,22+,23+,25-,26+/m0/s1. The third-order valence-electron chi connectivity index (χ3n) is 10.7. The van der Waals surface area contributed by atoms with Crippen molar-refractivity contribution in [1.29, 1.82) is 0 Å². The summed E-state index contributed by atoms with van der Waals surface area (Å²) in [5, 5.41) is 9.18. The molecule has 4 saturated carbocycles. The van der Waals surface area contributed by atoms with E-state index in [2.05, 4.69) is 20.8 Å². The molecule has 0 amide bonds. The van der Waals surface area contributed by atoms with E-state index in [4.69, 9.17) is 9.47 Å².